The minimum absolute atomic E-state index is 0.196. The summed E-state index contributed by atoms with van der Waals surface area (Å²) in [4.78, 5) is 4.62. The molecule has 6 nitrogen and oxygen atoms in total. The topological polar surface area (TPSA) is 64.1 Å². The third kappa shape index (κ3) is 5.13. The summed E-state index contributed by atoms with van der Waals surface area (Å²) in [6.07, 6.45) is 0.610. The van der Waals surface area contributed by atoms with Crippen molar-refractivity contribution in [1.29, 1.82) is 0 Å². The second kappa shape index (κ2) is 9.94. The van der Waals surface area contributed by atoms with E-state index in [0.29, 0.717) is 32.1 Å². The molecule has 0 aliphatic carbocycles. The number of benzene rings is 2. The number of methoxy groups -OCH3 is 1. The number of nitrogens with zero attached hydrogens (tertiary/aromatic N) is 1. The van der Waals surface area contributed by atoms with Crippen LogP contribution in [-0.2, 0) is 24.3 Å². The van der Waals surface area contributed by atoms with E-state index in [0.717, 1.165) is 34.7 Å². The molecule has 1 aliphatic heterocycles. The Morgan fingerprint density at radius 1 is 1.21 bits per heavy atom. The maximum atomic E-state index is 13.9. The second-order valence-corrected chi connectivity index (χ2v) is 6.35. The molecule has 0 bridgehead atoms. The lowest BCUT2D eigenvalue weighted by atomic mass is 10.1. The fraction of sp³-hybridized carbons (Fsp3) is 0.381. The standard InChI is InChI=1S/C21H26FN3O3/c1-3-23-21(25-12-16-6-4-5-7-19(16)26-2)24-9-8-15-10-18(22)11-17-13-27-14-28-20(15)17/h4-7,10-11H,3,8-9,12-14H2,1-2H3,(H2,23,24,25). The summed E-state index contributed by atoms with van der Waals surface area (Å²) in [5.74, 6) is 1.96. The normalized spacial score (nSPS) is 13.5. The predicted molar refractivity (Wildman–Crippen MR) is 106 cm³/mol. The summed E-state index contributed by atoms with van der Waals surface area (Å²) >= 11 is 0. The van der Waals surface area contributed by atoms with Gasteiger partial charge in [-0.05, 0) is 37.1 Å². The van der Waals surface area contributed by atoms with Gasteiger partial charge in [0.05, 0.1) is 20.3 Å². The van der Waals surface area contributed by atoms with Gasteiger partial charge in [-0.3, -0.25) is 0 Å². The molecule has 0 saturated carbocycles. The van der Waals surface area contributed by atoms with Gasteiger partial charge in [0, 0.05) is 24.2 Å². The second-order valence-electron chi connectivity index (χ2n) is 6.35. The summed E-state index contributed by atoms with van der Waals surface area (Å²) in [5, 5.41) is 6.52. The smallest absolute Gasteiger partial charge is 0.191 e. The van der Waals surface area contributed by atoms with Crippen molar-refractivity contribution in [1.82, 2.24) is 10.6 Å². The summed E-state index contributed by atoms with van der Waals surface area (Å²) in [6.45, 7) is 4.41. The average Bonchev–Trinajstić information content (AvgIpc) is 2.72. The highest BCUT2D eigenvalue weighted by molar-refractivity contribution is 5.79. The highest BCUT2D eigenvalue weighted by Crippen LogP contribution is 2.29. The van der Waals surface area contributed by atoms with Crippen LogP contribution in [0.1, 0.15) is 23.6 Å². The van der Waals surface area contributed by atoms with Crippen LogP contribution >= 0.6 is 0 Å². The van der Waals surface area contributed by atoms with Gasteiger partial charge in [-0.25, -0.2) is 9.38 Å². The van der Waals surface area contributed by atoms with Gasteiger partial charge in [0.25, 0.3) is 0 Å². The number of aliphatic imine (C=N–C) groups is 1. The summed E-state index contributed by atoms with van der Waals surface area (Å²) in [7, 11) is 1.65. The van der Waals surface area contributed by atoms with Crippen molar-refractivity contribution in [2.75, 3.05) is 27.0 Å². The van der Waals surface area contributed by atoms with Gasteiger partial charge >= 0.3 is 0 Å². The first-order chi connectivity index (χ1) is 13.7. The van der Waals surface area contributed by atoms with Gasteiger partial charge in [0.15, 0.2) is 12.8 Å². The number of halogens is 1. The predicted octanol–water partition coefficient (Wildman–Crippen LogP) is 3.00. The summed E-state index contributed by atoms with van der Waals surface area (Å²) < 4.78 is 30.0. The van der Waals surface area contributed by atoms with Gasteiger partial charge in [-0.2, -0.15) is 0 Å². The molecule has 2 aromatic rings. The maximum absolute atomic E-state index is 13.9. The van der Waals surface area contributed by atoms with Crippen molar-refractivity contribution in [2.45, 2.75) is 26.5 Å². The minimum Gasteiger partial charge on any atom is -0.496 e. The Bertz CT molecular complexity index is 827. The van der Waals surface area contributed by atoms with E-state index in [1.165, 1.54) is 12.1 Å². The van der Waals surface area contributed by atoms with Crippen LogP contribution in [0.15, 0.2) is 41.4 Å². The molecular formula is C21H26FN3O3. The molecule has 28 heavy (non-hydrogen) atoms. The number of para-hydroxylation sites is 1. The van der Waals surface area contributed by atoms with E-state index >= 15 is 0 Å². The largest absolute Gasteiger partial charge is 0.496 e. The number of guanidine groups is 1. The van der Waals surface area contributed by atoms with Crippen LogP contribution in [0.2, 0.25) is 0 Å². The van der Waals surface area contributed by atoms with Gasteiger partial charge in [0.2, 0.25) is 0 Å². The first kappa shape index (κ1) is 19.9. The molecule has 0 amide bonds. The van der Waals surface area contributed by atoms with Crippen LogP contribution in [0.3, 0.4) is 0 Å². The van der Waals surface area contributed by atoms with Crippen molar-refractivity contribution < 1.29 is 18.6 Å². The summed E-state index contributed by atoms with van der Waals surface area (Å²) in [6, 6.07) is 10.8. The fourth-order valence-corrected chi connectivity index (χ4v) is 3.10. The van der Waals surface area contributed by atoms with Crippen molar-refractivity contribution in [3.05, 3.63) is 58.9 Å². The highest BCUT2D eigenvalue weighted by atomic mass is 19.1. The molecule has 7 heteroatoms. The van der Waals surface area contributed by atoms with Crippen LogP contribution in [0.5, 0.6) is 11.5 Å². The SMILES string of the molecule is CCNC(=NCc1ccccc1OC)NCCc1cc(F)cc2c1OCOC2. The van der Waals surface area contributed by atoms with E-state index in [-0.39, 0.29) is 12.6 Å². The Morgan fingerprint density at radius 2 is 2.07 bits per heavy atom. The Balaban J connectivity index is 1.63. The van der Waals surface area contributed by atoms with Gasteiger partial charge in [-0.1, -0.05) is 18.2 Å². The number of ether oxygens (including phenoxy) is 3. The lowest BCUT2D eigenvalue weighted by Gasteiger charge is -2.21. The molecule has 0 saturated heterocycles. The third-order valence-electron chi connectivity index (χ3n) is 4.38. The summed E-state index contributed by atoms with van der Waals surface area (Å²) in [5.41, 5.74) is 2.58. The highest BCUT2D eigenvalue weighted by Gasteiger charge is 2.16. The van der Waals surface area contributed by atoms with Crippen LogP contribution < -0.4 is 20.1 Å². The minimum atomic E-state index is -0.278. The first-order valence-corrected chi connectivity index (χ1v) is 9.37. The van der Waals surface area contributed by atoms with Crippen LogP contribution in [0.25, 0.3) is 0 Å². The third-order valence-corrected chi connectivity index (χ3v) is 4.38. The molecule has 0 radical (unpaired) electrons. The van der Waals surface area contributed by atoms with Crippen LogP contribution in [0, 0.1) is 5.82 Å². The van der Waals surface area contributed by atoms with Crippen molar-refractivity contribution in [3.63, 3.8) is 0 Å². The molecule has 0 aromatic heterocycles. The number of nitrogens with one attached hydrogen (secondary N) is 2. The number of hydrogen-bond donors (Lipinski definition) is 2. The molecule has 150 valence electrons. The van der Waals surface area contributed by atoms with Gasteiger partial charge in [-0.15, -0.1) is 0 Å². The molecule has 1 aliphatic rings. The quantitative estimate of drug-likeness (QED) is 0.565. The number of rotatable bonds is 7. The van der Waals surface area contributed by atoms with Crippen molar-refractivity contribution in [3.8, 4) is 11.5 Å². The Morgan fingerprint density at radius 3 is 2.89 bits per heavy atom. The van der Waals surface area contributed by atoms with E-state index in [9.17, 15) is 4.39 Å². The van der Waals surface area contributed by atoms with Crippen LogP contribution in [0.4, 0.5) is 4.39 Å². The van der Waals surface area contributed by atoms with E-state index in [2.05, 4.69) is 15.6 Å². The Kier molecular flexibility index (Phi) is 7.08. The number of hydrogen-bond acceptors (Lipinski definition) is 4. The molecule has 2 aromatic carbocycles. The Hall–Kier alpha value is -2.80. The zero-order valence-corrected chi connectivity index (χ0v) is 16.3. The Labute approximate surface area is 164 Å². The molecule has 0 unspecified atom stereocenters. The molecule has 0 spiro atoms. The molecular weight excluding hydrogens is 361 g/mol. The molecule has 0 fully saturated rings. The fourth-order valence-electron chi connectivity index (χ4n) is 3.10. The van der Waals surface area contributed by atoms with Crippen molar-refractivity contribution in [2.24, 2.45) is 4.99 Å². The van der Waals surface area contributed by atoms with E-state index < -0.39 is 0 Å². The average molecular weight is 387 g/mol. The molecule has 0 atom stereocenters. The zero-order valence-electron chi connectivity index (χ0n) is 16.3. The van der Waals surface area contributed by atoms with E-state index in [1.807, 2.05) is 31.2 Å². The zero-order chi connectivity index (χ0) is 19.8. The maximum Gasteiger partial charge on any atom is 0.191 e. The molecule has 3 rings (SSSR count). The molecule has 1 heterocycles. The van der Waals surface area contributed by atoms with Gasteiger partial charge in [0.1, 0.15) is 17.3 Å². The molecule has 2 N–H and O–H groups in total. The van der Waals surface area contributed by atoms with Crippen molar-refractivity contribution >= 4 is 5.96 Å². The first-order valence-electron chi connectivity index (χ1n) is 9.37. The van der Waals surface area contributed by atoms with E-state index in [4.69, 9.17) is 14.2 Å². The van der Waals surface area contributed by atoms with E-state index in [1.54, 1.807) is 7.11 Å². The van der Waals surface area contributed by atoms with Gasteiger partial charge < -0.3 is 24.8 Å². The monoisotopic (exact) mass is 387 g/mol. The van der Waals surface area contributed by atoms with Crippen LogP contribution in [-0.4, -0.2) is 33.0 Å². The lowest BCUT2D eigenvalue weighted by Crippen LogP contribution is -2.38. The number of fused-ring (bicyclic) bond motifs is 1. The lowest BCUT2D eigenvalue weighted by molar-refractivity contribution is -0.0172.